The van der Waals surface area contributed by atoms with Crippen molar-refractivity contribution in [1.29, 1.82) is 0 Å². The lowest BCUT2D eigenvalue weighted by Crippen LogP contribution is -2.46. The van der Waals surface area contributed by atoms with E-state index >= 15 is 0 Å². The van der Waals surface area contributed by atoms with Crippen LogP contribution in [-0.2, 0) is 9.53 Å². The molecule has 1 aliphatic rings. The maximum absolute atomic E-state index is 13.1. The third-order valence-corrected chi connectivity index (χ3v) is 3.95. The molecule has 0 spiro atoms. The molecule has 0 aromatic heterocycles. The lowest BCUT2D eigenvalue weighted by molar-refractivity contribution is -0.125. The number of rotatable bonds is 5. The van der Waals surface area contributed by atoms with Crippen LogP contribution in [0.15, 0.2) is 24.3 Å². The molecule has 1 heterocycles. The van der Waals surface area contributed by atoms with Crippen LogP contribution in [0.25, 0.3) is 0 Å². The van der Waals surface area contributed by atoms with Gasteiger partial charge in [0.25, 0.3) is 5.92 Å². The number of ether oxygens (including phenoxy) is 1. The van der Waals surface area contributed by atoms with Gasteiger partial charge >= 0.3 is 0 Å². The largest absolute Gasteiger partial charge is 0.375 e. The topological polar surface area (TPSA) is 50.4 Å². The van der Waals surface area contributed by atoms with Crippen LogP contribution in [-0.4, -0.2) is 37.6 Å². The molecule has 1 amide bonds. The summed E-state index contributed by atoms with van der Waals surface area (Å²) in [5, 5.41) is 5.87. The molecule has 130 valence electrons. The number of carbonyl (C=O) groups excluding carboxylic acids is 1. The zero-order valence-electron chi connectivity index (χ0n) is 12.8. The Balaban J connectivity index is 0.00000264. The fourth-order valence-corrected chi connectivity index (χ4v) is 2.71. The van der Waals surface area contributed by atoms with E-state index in [9.17, 15) is 13.6 Å². The molecule has 2 N–H and O–H groups in total. The van der Waals surface area contributed by atoms with Crippen molar-refractivity contribution < 1.29 is 18.3 Å². The molecule has 0 saturated carbocycles. The average molecular weight is 369 g/mol. The van der Waals surface area contributed by atoms with Gasteiger partial charge in [-0.25, -0.2) is 8.78 Å². The maximum atomic E-state index is 13.1. The normalized spacial score (nSPS) is 22.0. The van der Waals surface area contributed by atoms with Crippen LogP contribution >= 0.6 is 24.0 Å². The summed E-state index contributed by atoms with van der Waals surface area (Å²) in [5.74, 6) is -3.28. The highest BCUT2D eigenvalue weighted by molar-refractivity contribution is 6.30. The average Bonchev–Trinajstić information content (AvgIpc) is 2.82. The molecule has 0 bridgehead atoms. The van der Waals surface area contributed by atoms with Crippen LogP contribution < -0.4 is 10.6 Å². The summed E-state index contributed by atoms with van der Waals surface area (Å²) in [5.41, 5.74) is 0.851. The Bertz CT molecular complexity index is 529. The SMILES string of the molecule is COC(c1ccc(Cl)cc1)C(C)NC(=O)C1CC(F)(F)CN1.Cl. The molecule has 2 rings (SSSR count). The van der Waals surface area contributed by atoms with Crippen LogP contribution in [0.3, 0.4) is 0 Å². The van der Waals surface area contributed by atoms with Gasteiger partial charge in [-0.1, -0.05) is 23.7 Å². The van der Waals surface area contributed by atoms with E-state index in [1.54, 1.807) is 31.2 Å². The second-order valence-electron chi connectivity index (χ2n) is 5.50. The van der Waals surface area contributed by atoms with Gasteiger partial charge in [0.15, 0.2) is 0 Å². The summed E-state index contributed by atoms with van der Waals surface area (Å²) in [6.45, 7) is 1.30. The van der Waals surface area contributed by atoms with E-state index in [-0.39, 0.29) is 24.6 Å². The summed E-state index contributed by atoms with van der Waals surface area (Å²) >= 11 is 5.85. The van der Waals surface area contributed by atoms with E-state index in [0.29, 0.717) is 5.02 Å². The Morgan fingerprint density at radius 1 is 1.43 bits per heavy atom. The van der Waals surface area contributed by atoms with Crippen LogP contribution in [0.5, 0.6) is 0 Å². The molecule has 1 aromatic rings. The predicted octanol–water partition coefficient (Wildman–Crippen LogP) is 2.95. The van der Waals surface area contributed by atoms with Gasteiger partial charge in [0, 0.05) is 18.6 Å². The smallest absolute Gasteiger partial charge is 0.262 e. The molecular weight excluding hydrogens is 349 g/mol. The number of hydrogen-bond acceptors (Lipinski definition) is 3. The molecular formula is C15H20Cl2F2N2O2. The zero-order valence-corrected chi connectivity index (χ0v) is 14.4. The van der Waals surface area contributed by atoms with E-state index in [1.165, 1.54) is 7.11 Å². The van der Waals surface area contributed by atoms with Gasteiger partial charge in [-0.2, -0.15) is 0 Å². The Kier molecular flexibility index (Phi) is 7.20. The predicted molar refractivity (Wildman–Crippen MR) is 87.4 cm³/mol. The van der Waals surface area contributed by atoms with Gasteiger partial charge in [-0.3, -0.25) is 10.1 Å². The van der Waals surface area contributed by atoms with E-state index < -0.39 is 30.8 Å². The number of alkyl halides is 2. The summed E-state index contributed by atoms with van der Waals surface area (Å²) in [4.78, 5) is 12.1. The van der Waals surface area contributed by atoms with Crippen molar-refractivity contribution in [3.8, 4) is 0 Å². The zero-order chi connectivity index (χ0) is 16.3. The van der Waals surface area contributed by atoms with Crippen LogP contribution in [0, 0.1) is 0 Å². The van der Waals surface area contributed by atoms with E-state index in [0.717, 1.165) is 5.56 Å². The van der Waals surface area contributed by atoms with Crippen LogP contribution in [0.4, 0.5) is 8.78 Å². The second-order valence-corrected chi connectivity index (χ2v) is 5.94. The lowest BCUT2D eigenvalue weighted by atomic mass is 10.0. The third kappa shape index (κ3) is 5.28. The summed E-state index contributed by atoms with van der Waals surface area (Å²) in [6, 6.07) is 5.84. The number of methoxy groups -OCH3 is 1. The molecule has 23 heavy (non-hydrogen) atoms. The Labute approximate surface area is 145 Å². The van der Waals surface area contributed by atoms with E-state index in [4.69, 9.17) is 16.3 Å². The molecule has 1 aliphatic heterocycles. The fourth-order valence-electron chi connectivity index (χ4n) is 2.58. The number of nitrogens with one attached hydrogen (secondary N) is 2. The number of benzene rings is 1. The van der Waals surface area contributed by atoms with Crippen molar-refractivity contribution in [2.45, 2.75) is 37.5 Å². The Morgan fingerprint density at radius 3 is 2.52 bits per heavy atom. The second kappa shape index (κ2) is 8.24. The number of halogens is 4. The van der Waals surface area contributed by atoms with Gasteiger partial charge < -0.3 is 10.1 Å². The first-order chi connectivity index (χ1) is 10.3. The highest BCUT2D eigenvalue weighted by Gasteiger charge is 2.42. The first kappa shape index (κ1) is 20.1. The molecule has 8 heteroatoms. The van der Waals surface area contributed by atoms with Crippen molar-refractivity contribution >= 4 is 29.9 Å². The maximum Gasteiger partial charge on any atom is 0.262 e. The van der Waals surface area contributed by atoms with E-state index in [2.05, 4.69) is 10.6 Å². The highest BCUT2D eigenvalue weighted by atomic mass is 35.5. The molecule has 1 fully saturated rings. The van der Waals surface area contributed by atoms with E-state index in [1.807, 2.05) is 0 Å². The molecule has 0 aliphatic carbocycles. The molecule has 3 atom stereocenters. The first-order valence-electron chi connectivity index (χ1n) is 7.02. The van der Waals surface area contributed by atoms with Gasteiger partial charge in [0.2, 0.25) is 5.91 Å². The number of hydrogen-bond donors (Lipinski definition) is 2. The Morgan fingerprint density at radius 2 is 2.04 bits per heavy atom. The lowest BCUT2D eigenvalue weighted by Gasteiger charge is -2.25. The van der Waals surface area contributed by atoms with Crippen molar-refractivity contribution in [3.63, 3.8) is 0 Å². The first-order valence-corrected chi connectivity index (χ1v) is 7.40. The molecule has 1 saturated heterocycles. The van der Waals surface area contributed by atoms with Gasteiger partial charge in [0.05, 0.1) is 18.6 Å². The summed E-state index contributed by atoms with van der Waals surface area (Å²) < 4.78 is 31.7. The quantitative estimate of drug-likeness (QED) is 0.839. The van der Waals surface area contributed by atoms with Crippen molar-refractivity contribution in [2.24, 2.45) is 0 Å². The minimum Gasteiger partial charge on any atom is -0.375 e. The summed E-state index contributed by atoms with van der Waals surface area (Å²) in [6.07, 6.45) is -0.868. The highest BCUT2D eigenvalue weighted by Crippen LogP contribution is 2.26. The molecule has 3 unspecified atom stereocenters. The standard InChI is InChI=1S/C15H19ClF2N2O2.ClH/c1-9(13(22-2)10-3-5-11(16)6-4-10)20-14(21)12-7-15(17,18)8-19-12;/h3-6,9,12-13,19H,7-8H2,1-2H3,(H,20,21);1H. The van der Waals surface area contributed by atoms with Gasteiger partial charge in [-0.05, 0) is 24.6 Å². The fraction of sp³-hybridized carbons (Fsp3) is 0.533. The Hall–Kier alpha value is -0.950. The molecule has 1 aromatic carbocycles. The monoisotopic (exact) mass is 368 g/mol. The minimum absolute atomic E-state index is 0. The number of amides is 1. The summed E-state index contributed by atoms with van der Waals surface area (Å²) in [7, 11) is 1.53. The van der Waals surface area contributed by atoms with Crippen molar-refractivity contribution in [1.82, 2.24) is 10.6 Å². The van der Waals surface area contributed by atoms with Crippen LogP contribution in [0.2, 0.25) is 5.02 Å². The van der Waals surface area contributed by atoms with Crippen molar-refractivity contribution in [3.05, 3.63) is 34.9 Å². The molecule has 4 nitrogen and oxygen atoms in total. The van der Waals surface area contributed by atoms with Gasteiger partial charge in [0.1, 0.15) is 6.10 Å². The third-order valence-electron chi connectivity index (χ3n) is 3.70. The van der Waals surface area contributed by atoms with Crippen LogP contribution in [0.1, 0.15) is 25.0 Å². The minimum atomic E-state index is -2.83. The van der Waals surface area contributed by atoms with Gasteiger partial charge in [-0.15, -0.1) is 12.4 Å². The van der Waals surface area contributed by atoms with Crippen molar-refractivity contribution in [2.75, 3.05) is 13.7 Å². The molecule has 0 radical (unpaired) electrons. The number of carbonyl (C=O) groups is 1.